The lowest BCUT2D eigenvalue weighted by Crippen LogP contribution is -2.13. The Bertz CT molecular complexity index is 52.6. The van der Waals surface area contributed by atoms with Crippen LogP contribution in [0.1, 0.15) is 0 Å². The van der Waals surface area contributed by atoms with E-state index < -0.39 is 0 Å². The maximum atomic E-state index is 4.53. The zero-order chi connectivity index (χ0) is 4.24. The molecule has 0 aromatic heterocycles. The summed E-state index contributed by atoms with van der Waals surface area (Å²) in [6, 6.07) is 0. The molecular weight excluding hydrogens is 78.0 g/mol. The molecule has 0 aromatic carbocycles. The highest BCUT2D eigenvalue weighted by atomic mass is 16.5. The molecule has 1 aliphatic heterocycles. The third kappa shape index (κ3) is 0.723. The van der Waals surface area contributed by atoms with Crippen LogP contribution in [0.2, 0.25) is 0 Å². The van der Waals surface area contributed by atoms with Gasteiger partial charge in [-0.1, -0.05) is 0 Å². The van der Waals surface area contributed by atoms with Crippen molar-refractivity contribution >= 4 is 0 Å². The van der Waals surface area contributed by atoms with Crippen LogP contribution < -0.4 is 5.32 Å². The van der Waals surface area contributed by atoms with Crippen molar-refractivity contribution in [1.29, 1.82) is 0 Å². The van der Waals surface area contributed by atoms with E-state index in [4.69, 9.17) is 0 Å². The van der Waals surface area contributed by atoms with Gasteiger partial charge in [0.25, 0.3) is 6.73 Å². The lowest BCUT2D eigenvalue weighted by atomic mass is 10.6. The minimum absolute atomic E-state index is 0.833. The Morgan fingerprint density at radius 1 is 1.83 bits per heavy atom. The first-order chi connectivity index (χ1) is 3.00. The summed E-state index contributed by atoms with van der Waals surface area (Å²) in [4.78, 5) is 0. The second kappa shape index (κ2) is 1.82. The lowest BCUT2D eigenvalue weighted by molar-refractivity contribution is 0.290. The van der Waals surface area contributed by atoms with Gasteiger partial charge in [0.15, 0.2) is 0 Å². The highest BCUT2D eigenvalue weighted by Crippen LogP contribution is 1.84. The number of ether oxygens (including phenoxy) is 1. The number of hydrogen-bond donors (Lipinski definition) is 1. The molecule has 2 radical (unpaired) electrons. The molecule has 0 saturated heterocycles. The molecule has 1 N–H and O–H groups in total. The average molecular weight is 83.1 g/mol. The van der Waals surface area contributed by atoms with Crippen LogP contribution in [0.5, 0.6) is 0 Å². The lowest BCUT2D eigenvalue weighted by Gasteiger charge is -2.01. The number of nitrogens with one attached hydrogen (secondary N) is 1. The van der Waals surface area contributed by atoms with Gasteiger partial charge in [0.1, 0.15) is 0 Å². The van der Waals surface area contributed by atoms with Crippen molar-refractivity contribution in [3.05, 3.63) is 19.1 Å². The highest BCUT2D eigenvalue weighted by Gasteiger charge is 1.87. The molecule has 1 aliphatic rings. The van der Waals surface area contributed by atoms with Crippen LogP contribution in [0.15, 0.2) is 12.3 Å². The molecule has 32 valence electrons. The molecule has 6 heavy (non-hydrogen) atoms. The van der Waals surface area contributed by atoms with Gasteiger partial charge in [0, 0.05) is 6.54 Å². The molecule has 0 aromatic rings. The van der Waals surface area contributed by atoms with Crippen LogP contribution >= 0.6 is 0 Å². The van der Waals surface area contributed by atoms with Crippen molar-refractivity contribution in [1.82, 2.24) is 5.32 Å². The van der Waals surface area contributed by atoms with Gasteiger partial charge < -0.3 is 4.74 Å². The minimum atomic E-state index is 0.833. The van der Waals surface area contributed by atoms with Crippen molar-refractivity contribution in [2.45, 2.75) is 0 Å². The summed E-state index contributed by atoms with van der Waals surface area (Å²) in [7, 11) is 0. The quantitative estimate of drug-likeness (QED) is 0.449. The summed E-state index contributed by atoms with van der Waals surface area (Å²) in [5, 5.41) is 2.73. The summed E-state index contributed by atoms with van der Waals surface area (Å²) < 4.78 is 4.53. The largest absolute Gasteiger partial charge is 0.468 e. The Hall–Kier alpha value is -0.500. The highest BCUT2D eigenvalue weighted by molar-refractivity contribution is 4.81. The maximum absolute atomic E-state index is 4.53. The minimum Gasteiger partial charge on any atom is -0.468 e. The fourth-order valence-electron chi connectivity index (χ4n) is 0.273. The molecule has 1 rings (SSSR count). The molecule has 0 aliphatic carbocycles. The summed E-state index contributed by atoms with van der Waals surface area (Å²) in [6.45, 7) is 3.28. The Morgan fingerprint density at radius 3 is 3.00 bits per heavy atom. The summed E-state index contributed by atoms with van der Waals surface area (Å²) in [5.41, 5.74) is 0. The number of hydrogen-bond acceptors (Lipinski definition) is 2. The standard InChI is InChI=1S/C4H5NO/c1-2-5-4-6-3-1/h1,3,5H,2H2. The topological polar surface area (TPSA) is 21.3 Å². The smallest absolute Gasteiger partial charge is 0.279 e. The first kappa shape index (κ1) is 3.68. The van der Waals surface area contributed by atoms with E-state index in [1.807, 2.05) is 6.08 Å². The van der Waals surface area contributed by atoms with Gasteiger partial charge in [-0.25, -0.2) is 0 Å². The molecule has 2 heteroatoms. The Balaban J connectivity index is 2.26. The predicted octanol–water partition coefficient (Wildman–Crippen LogP) is 0.116. The Kier molecular flexibility index (Phi) is 1.12. The summed E-state index contributed by atoms with van der Waals surface area (Å²) >= 11 is 0. The molecule has 1 heterocycles. The van der Waals surface area contributed by atoms with Crippen LogP contribution in [-0.4, -0.2) is 6.54 Å². The third-order valence-electron chi connectivity index (χ3n) is 0.515. The SMILES string of the molecule is [C]1NCC=CO1. The van der Waals surface area contributed by atoms with Gasteiger partial charge in [0.05, 0.1) is 6.26 Å². The van der Waals surface area contributed by atoms with E-state index in [1.54, 1.807) is 6.26 Å². The molecule has 0 spiro atoms. The van der Waals surface area contributed by atoms with Crippen LogP contribution in [-0.2, 0) is 4.74 Å². The van der Waals surface area contributed by atoms with Gasteiger partial charge in [-0.2, -0.15) is 0 Å². The van der Waals surface area contributed by atoms with Crippen molar-refractivity contribution in [2.75, 3.05) is 6.54 Å². The van der Waals surface area contributed by atoms with Gasteiger partial charge in [-0.15, -0.1) is 0 Å². The molecule has 0 amide bonds. The zero-order valence-corrected chi connectivity index (χ0v) is 3.27. The van der Waals surface area contributed by atoms with Crippen LogP contribution in [0, 0.1) is 6.73 Å². The van der Waals surface area contributed by atoms with Crippen molar-refractivity contribution in [3.8, 4) is 0 Å². The molecule has 0 fully saturated rings. The molecule has 0 bridgehead atoms. The Labute approximate surface area is 36.8 Å². The van der Waals surface area contributed by atoms with Crippen molar-refractivity contribution in [3.63, 3.8) is 0 Å². The van der Waals surface area contributed by atoms with E-state index >= 15 is 0 Å². The summed E-state index contributed by atoms with van der Waals surface area (Å²) in [6.07, 6.45) is 3.47. The normalized spacial score (nSPS) is 20.0. The molecule has 0 atom stereocenters. The fourth-order valence-corrected chi connectivity index (χ4v) is 0.273. The molecule has 0 unspecified atom stereocenters. The first-order valence-electron chi connectivity index (χ1n) is 1.78. The Morgan fingerprint density at radius 2 is 2.83 bits per heavy atom. The van der Waals surface area contributed by atoms with E-state index in [0.717, 1.165) is 6.54 Å². The van der Waals surface area contributed by atoms with Crippen molar-refractivity contribution < 1.29 is 4.74 Å². The van der Waals surface area contributed by atoms with Gasteiger partial charge >= 0.3 is 0 Å². The first-order valence-corrected chi connectivity index (χ1v) is 1.78. The molecule has 0 saturated carbocycles. The fraction of sp³-hybridized carbons (Fsp3) is 0.250. The summed E-state index contributed by atoms with van der Waals surface area (Å²) in [5.74, 6) is 0. The maximum Gasteiger partial charge on any atom is 0.279 e. The van der Waals surface area contributed by atoms with Crippen LogP contribution in [0.3, 0.4) is 0 Å². The second-order valence-corrected chi connectivity index (χ2v) is 0.973. The molecule has 2 nitrogen and oxygen atoms in total. The van der Waals surface area contributed by atoms with E-state index in [-0.39, 0.29) is 0 Å². The third-order valence-corrected chi connectivity index (χ3v) is 0.515. The second-order valence-electron chi connectivity index (χ2n) is 0.973. The van der Waals surface area contributed by atoms with E-state index in [2.05, 4.69) is 16.8 Å². The van der Waals surface area contributed by atoms with Crippen molar-refractivity contribution in [2.24, 2.45) is 0 Å². The molecular formula is C4H5NO. The zero-order valence-electron chi connectivity index (χ0n) is 3.27. The van der Waals surface area contributed by atoms with Crippen LogP contribution in [0.25, 0.3) is 0 Å². The van der Waals surface area contributed by atoms with E-state index in [1.165, 1.54) is 0 Å². The van der Waals surface area contributed by atoms with Crippen LogP contribution in [0.4, 0.5) is 0 Å². The van der Waals surface area contributed by atoms with Gasteiger partial charge in [-0.05, 0) is 6.08 Å². The monoisotopic (exact) mass is 83.0 g/mol. The van der Waals surface area contributed by atoms with Gasteiger partial charge in [-0.3, -0.25) is 5.32 Å². The number of rotatable bonds is 0. The van der Waals surface area contributed by atoms with E-state index in [0.29, 0.717) is 0 Å². The van der Waals surface area contributed by atoms with E-state index in [9.17, 15) is 0 Å². The average Bonchev–Trinajstić information content (AvgIpc) is 1.72. The predicted molar refractivity (Wildman–Crippen MR) is 21.5 cm³/mol. The van der Waals surface area contributed by atoms with Gasteiger partial charge in [0.2, 0.25) is 0 Å².